The lowest BCUT2D eigenvalue weighted by Crippen LogP contribution is -2.37. The number of carbonyl (C=O) groups is 1. The fraction of sp³-hybridized carbons (Fsp3) is 0.300. The summed E-state index contributed by atoms with van der Waals surface area (Å²) in [6.07, 6.45) is 5.84. The van der Waals surface area contributed by atoms with Crippen molar-refractivity contribution in [1.29, 1.82) is 5.41 Å². The molecule has 1 aliphatic carbocycles. The smallest absolute Gasteiger partial charge is 0.349 e. The molecule has 0 saturated heterocycles. The van der Waals surface area contributed by atoms with Crippen LogP contribution >= 0.6 is 0 Å². The van der Waals surface area contributed by atoms with Gasteiger partial charge in [0.15, 0.2) is 5.96 Å². The number of hydrogen-bond donors (Lipinski definition) is 2. The van der Waals surface area contributed by atoms with Crippen LogP contribution < -0.4 is 15.1 Å². The first kappa shape index (κ1) is 24.6. The second kappa shape index (κ2) is 10.9. The van der Waals surface area contributed by atoms with Gasteiger partial charge in [0.05, 0.1) is 23.6 Å². The monoisotopic (exact) mass is 494 g/mol. The van der Waals surface area contributed by atoms with Crippen molar-refractivity contribution in [3.63, 3.8) is 0 Å². The number of carbonyl (C=O) groups excluding carboxylic acids is 1. The molecule has 190 valence electrons. The molecule has 1 saturated carbocycles. The SMILES string of the molecule is CNC(=N)N(C)c1ccc(N2C(=O)N(Cc3ccccc3)N=C(C3CCCCC3)c3ccccc32)cc1. The van der Waals surface area contributed by atoms with Crippen LogP contribution in [0, 0.1) is 11.3 Å². The molecule has 3 aromatic rings. The topological polar surface area (TPSA) is 75.0 Å². The molecular weight excluding hydrogens is 460 g/mol. The number of benzene rings is 3. The second-order valence-corrected chi connectivity index (χ2v) is 9.67. The van der Waals surface area contributed by atoms with Gasteiger partial charge < -0.3 is 10.2 Å². The van der Waals surface area contributed by atoms with E-state index in [-0.39, 0.29) is 6.03 Å². The molecule has 0 unspecified atom stereocenters. The van der Waals surface area contributed by atoms with Crippen LogP contribution in [0.25, 0.3) is 0 Å². The van der Waals surface area contributed by atoms with E-state index in [1.807, 2.05) is 79.8 Å². The van der Waals surface area contributed by atoms with E-state index >= 15 is 0 Å². The lowest BCUT2D eigenvalue weighted by atomic mass is 9.83. The minimum Gasteiger partial charge on any atom is -0.359 e. The molecule has 1 aliphatic heterocycles. The van der Waals surface area contributed by atoms with E-state index in [0.29, 0.717) is 18.4 Å². The van der Waals surface area contributed by atoms with Crippen molar-refractivity contribution in [2.45, 2.75) is 38.6 Å². The van der Waals surface area contributed by atoms with Gasteiger partial charge in [-0.2, -0.15) is 5.10 Å². The molecule has 2 amide bonds. The van der Waals surface area contributed by atoms with E-state index in [1.165, 1.54) is 19.3 Å². The van der Waals surface area contributed by atoms with Gasteiger partial charge in [-0.05, 0) is 48.7 Å². The van der Waals surface area contributed by atoms with Crippen LogP contribution in [0.3, 0.4) is 0 Å². The van der Waals surface area contributed by atoms with E-state index in [2.05, 4.69) is 11.4 Å². The highest BCUT2D eigenvalue weighted by Crippen LogP contribution is 2.38. The Morgan fingerprint density at radius 2 is 1.65 bits per heavy atom. The Balaban J connectivity index is 1.59. The predicted octanol–water partition coefficient (Wildman–Crippen LogP) is 6.34. The van der Waals surface area contributed by atoms with Crippen molar-refractivity contribution in [1.82, 2.24) is 10.3 Å². The number of hydrazone groups is 1. The molecular formula is C30H34N6O. The summed E-state index contributed by atoms with van der Waals surface area (Å²) in [7, 11) is 3.57. The largest absolute Gasteiger partial charge is 0.359 e. The normalized spacial score (nSPS) is 16.1. The number of guanidine groups is 1. The summed E-state index contributed by atoms with van der Waals surface area (Å²) in [5.74, 6) is 0.632. The number of amides is 2. The Morgan fingerprint density at radius 3 is 2.35 bits per heavy atom. The van der Waals surface area contributed by atoms with Gasteiger partial charge in [0.2, 0.25) is 0 Å². The quantitative estimate of drug-likeness (QED) is 0.321. The van der Waals surface area contributed by atoms with E-state index in [4.69, 9.17) is 10.5 Å². The van der Waals surface area contributed by atoms with Crippen molar-refractivity contribution >= 4 is 34.8 Å². The minimum atomic E-state index is -0.175. The Labute approximate surface area is 218 Å². The average Bonchev–Trinajstić information content (AvgIpc) is 3.07. The first-order valence-corrected chi connectivity index (χ1v) is 13.0. The summed E-state index contributed by atoms with van der Waals surface area (Å²) >= 11 is 0. The summed E-state index contributed by atoms with van der Waals surface area (Å²) in [6.45, 7) is 0.403. The Hall–Kier alpha value is -4.13. The van der Waals surface area contributed by atoms with Crippen LogP contribution in [0.1, 0.15) is 43.2 Å². The fourth-order valence-corrected chi connectivity index (χ4v) is 5.24. The highest BCUT2D eigenvalue weighted by atomic mass is 16.2. The number of fused-ring (bicyclic) bond motifs is 1. The summed E-state index contributed by atoms with van der Waals surface area (Å²) in [5.41, 5.74) is 5.56. The van der Waals surface area contributed by atoms with E-state index in [9.17, 15) is 4.79 Å². The van der Waals surface area contributed by atoms with Gasteiger partial charge >= 0.3 is 6.03 Å². The van der Waals surface area contributed by atoms with Crippen LogP contribution in [0.4, 0.5) is 21.9 Å². The van der Waals surface area contributed by atoms with Crippen LogP contribution in [-0.4, -0.2) is 36.8 Å². The lowest BCUT2D eigenvalue weighted by molar-refractivity contribution is 0.207. The zero-order chi connectivity index (χ0) is 25.8. The third kappa shape index (κ3) is 5.07. The molecule has 2 N–H and O–H groups in total. The maximum Gasteiger partial charge on any atom is 0.349 e. The number of hydrogen-bond acceptors (Lipinski definition) is 3. The molecule has 7 nitrogen and oxygen atoms in total. The van der Waals surface area contributed by atoms with Gasteiger partial charge in [0.1, 0.15) is 0 Å². The highest BCUT2D eigenvalue weighted by Gasteiger charge is 2.34. The molecule has 3 aromatic carbocycles. The molecule has 5 rings (SSSR count). The number of nitrogens with zero attached hydrogens (tertiary/aromatic N) is 4. The average molecular weight is 495 g/mol. The summed E-state index contributed by atoms with van der Waals surface area (Å²) in [5, 5.41) is 17.6. The van der Waals surface area contributed by atoms with Gasteiger partial charge in [-0.15, -0.1) is 0 Å². The van der Waals surface area contributed by atoms with Crippen molar-refractivity contribution in [3.8, 4) is 0 Å². The molecule has 0 aromatic heterocycles. The van der Waals surface area contributed by atoms with Gasteiger partial charge in [-0.1, -0.05) is 67.8 Å². The maximum absolute atomic E-state index is 14.2. The third-order valence-corrected chi connectivity index (χ3v) is 7.30. The minimum absolute atomic E-state index is 0.175. The third-order valence-electron chi connectivity index (χ3n) is 7.30. The summed E-state index contributed by atoms with van der Waals surface area (Å²) in [4.78, 5) is 17.7. The predicted molar refractivity (Wildman–Crippen MR) is 151 cm³/mol. The van der Waals surface area contributed by atoms with Gasteiger partial charge in [-0.25, -0.2) is 9.80 Å². The standard InChI is InChI=1S/C30H34N6O/c1-32-29(31)34(2)24-17-19-25(20-18-24)36-27-16-10-9-15-26(27)28(23-13-7-4-8-14-23)33-35(30(36)37)21-22-11-5-3-6-12-22/h3,5-6,9-12,15-20,23H,4,7-8,13-14,21H2,1-2H3,(H2,31,32). The van der Waals surface area contributed by atoms with Crippen molar-refractivity contribution in [2.24, 2.45) is 11.0 Å². The molecule has 1 heterocycles. The fourth-order valence-electron chi connectivity index (χ4n) is 5.24. The summed E-state index contributed by atoms with van der Waals surface area (Å²) in [6, 6.07) is 25.8. The van der Waals surface area contributed by atoms with Crippen molar-refractivity contribution in [2.75, 3.05) is 23.9 Å². The molecule has 0 bridgehead atoms. The van der Waals surface area contributed by atoms with Gasteiger partial charge in [-0.3, -0.25) is 10.3 Å². The van der Waals surface area contributed by atoms with Gasteiger partial charge in [0, 0.05) is 31.3 Å². The van der Waals surface area contributed by atoms with E-state index in [1.54, 1.807) is 21.9 Å². The second-order valence-electron chi connectivity index (χ2n) is 9.67. The number of nitrogens with one attached hydrogen (secondary N) is 2. The first-order valence-electron chi connectivity index (χ1n) is 13.0. The number of rotatable bonds is 5. The molecule has 0 spiro atoms. The number of anilines is 3. The highest BCUT2D eigenvalue weighted by molar-refractivity contribution is 6.13. The molecule has 0 radical (unpaired) electrons. The molecule has 0 atom stereocenters. The van der Waals surface area contributed by atoms with E-state index in [0.717, 1.165) is 46.7 Å². The van der Waals surface area contributed by atoms with Crippen LogP contribution in [0.5, 0.6) is 0 Å². The zero-order valence-electron chi connectivity index (χ0n) is 21.5. The van der Waals surface area contributed by atoms with Gasteiger partial charge in [0.25, 0.3) is 0 Å². The summed E-state index contributed by atoms with van der Waals surface area (Å²) < 4.78 is 0. The molecule has 7 heteroatoms. The molecule has 2 aliphatic rings. The Kier molecular flexibility index (Phi) is 7.21. The lowest BCUT2D eigenvalue weighted by Gasteiger charge is -2.27. The molecule has 37 heavy (non-hydrogen) atoms. The van der Waals surface area contributed by atoms with Crippen LogP contribution in [0.15, 0.2) is 84.0 Å². The van der Waals surface area contributed by atoms with Crippen LogP contribution in [0.2, 0.25) is 0 Å². The number of para-hydroxylation sites is 1. The van der Waals surface area contributed by atoms with Crippen molar-refractivity contribution in [3.05, 3.63) is 90.0 Å². The maximum atomic E-state index is 14.2. The molecule has 1 fully saturated rings. The van der Waals surface area contributed by atoms with Crippen LogP contribution in [-0.2, 0) is 6.54 Å². The van der Waals surface area contributed by atoms with E-state index < -0.39 is 0 Å². The Bertz CT molecular complexity index is 1280. The first-order chi connectivity index (χ1) is 18.1. The van der Waals surface area contributed by atoms with Crippen molar-refractivity contribution < 1.29 is 4.79 Å². The number of urea groups is 1. The Morgan fingerprint density at radius 1 is 0.973 bits per heavy atom. The zero-order valence-corrected chi connectivity index (χ0v) is 21.5.